The van der Waals surface area contributed by atoms with E-state index in [-0.39, 0.29) is 0 Å². The highest BCUT2D eigenvalue weighted by Crippen LogP contribution is 2.08. The number of rotatable bonds is 11. The summed E-state index contributed by atoms with van der Waals surface area (Å²) in [5.74, 6) is 0. The van der Waals surface area contributed by atoms with Crippen molar-refractivity contribution in [1.82, 2.24) is 0 Å². The van der Waals surface area contributed by atoms with Crippen molar-refractivity contribution in [2.45, 2.75) is 71.1 Å². The minimum Gasteiger partial charge on any atom is -0.103 e. The van der Waals surface area contributed by atoms with Crippen LogP contribution in [0.2, 0.25) is 0 Å². The van der Waals surface area contributed by atoms with Crippen LogP contribution in [0.15, 0.2) is 24.8 Å². The van der Waals surface area contributed by atoms with Gasteiger partial charge in [-0.2, -0.15) is 0 Å². The van der Waals surface area contributed by atoms with Crippen molar-refractivity contribution in [2.24, 2.45) is 0 Å². The van der Waals surface area contributed by atoms with E-state index in [0.717, 1.165) is 6.42 Å². The van der Waals surface area contributed by atoms with Gasteiger partial charge in [-0.05, 0) is 25.7 Å². The Balaban J connectivity index is 2.97. The van der Waals surface area contributed by atoms with Crippen LogP contribution < -0.4 is 0 Å². The zero-order chi connectivity index (χ0) is 11.2. The maximum atomic E-state index is 3.71. The van der Waals surface area contributed by atoms with Crippen LogP contribution in [0.4, 0.5) is 0 Å². The highest BCUT2D eigenvalue weighted by molar-refractivity contribution is 4.84. The molecule has 0 unspecified atom stereocenters. The van der Waals surface area contributed by atoms with Gasteiger partial charge in [-0.1, -0.05) is 63.7 Å². The highest BCUT2D eigenvalue weighted by Gasteiger charge is 1.88. The number of unbranched alkanes of at least 4 members (excludes halogenated alkanes) is 8. The van der Waals surface area contributed by atoms with Crippen LogP contribution in [-0.4, -0.2) is 0 Å². The molecule has 88 valence electrons. The molecule has 0 fully saturated rings. The zero-order valence-electron chi connectivity index (χ0n) is 10.5. The Bertz CT molecular complexity index is 144. The molecule has 0 N–H and O–H groups in total. The fourth-order valence-corrected chi connectivity index (χ4v) is 1.67. The topological polar surface area (TPSA) is 0 Å². The van der Waals surface area contributed by atoms with Crippen molar-refractivity contribution < 1.29 is 0 Å². The largest absolute Gasteiger partial charge is 0.103 e. The Labute approximate surface area is 96.5 Å². The van der Waals surface area contributed by atoms with Gasteiger partial charge in [0.25, 0.3) is 0 Å². The van der Waals surface area contributed by atoms with Gasteiger partial charge in [0.2, 0.25) is 0 Å². The first-order chi connectivity index (χ1) is 7.41. The van der Waals surface area contributed by atoms with Gasteiger partial charge in [-0.3, -0.25) is 0 Å². The van der Waals surface area contributed by atoms with E-state index in [1.54, 1.807) is 0 Å². The quantitative estimate of drug-likeness (QED) is 0.304. The molecular weight excluding hydrogens is 180 g/mol. The monoisotopic (exact) mass is 208 g/mol. The number of hydrogen-bond donors (Lipinski definition) is 0. The lowest BCUT2D eigenvalue weighted by atomic mass is 10.1. The molecule has 0 amide bonds. The molecular formula is C15H28. The summed E-state index contributed by atoms with van der Waals surface area (Å²) >= 11 is 0. The van der Waals surface area contributed by atoms with E-state index in [2.05, 4.69) is 25.7 Å². The van der Waals surface area contributed by atoms with Gasteiger partial charge in [0, 0.05) is 0 Å². The van der Waals surface area contributed by atoms with Crippen LogP contribution in [0.5, 0.6) is 0 Å². The first kappa shape index (κ1) is 14.5. The van der Waals surface area contributed by atoms with Crippen LogP contribution in [0.1, 0.15) is 71.1 Å². The smallest absolute Gasteiger partial charge is 0.0316 e. The summed E-state index contributed by atoms with van der Waals surface area (Å²) in [5, 5.41) is 0. The van der Waals surface area contributed by atoms with Gasteiger partial charge in [-0.25, -0.2) is 0 Å². The van der Waals surface area contributed by atoms with Crippen molar-refractivity contribution in [3.05, 3.63) is 24.8 Å². The summed E-state index contributed by atoms with van der Waals surface area (Å²) in [4.78, 5) is 0. The van der Waals surface area contributed by atoms with Crippen LogP contribution in [0, 0.1) is 0 Å². The van der Waals surface area contributed by atoms with Crippen LogP contribution in [0.25, 0.3) is 0 Å². The fourth-order valence-electron chi connectivity index (χ4n) is 1.67. The molecule has 0 rings (SSSR count). The Morgan fingerprint density at radius 2 is 1.33 bits per heavy atom. The maximum absolute atomic E-state index is 3.71. The molecule has 15 heavy (non-hydrogen) atoms. The molecule has 0 aromatic carbocycles. The second-order valence-electron chi connectivity index (χ2n) is 4.25. The fraction of sp³-hybridized carbons (Fsp3) is 0.733. The SMILES string of the molecule is C=CCCC=CCCCCCCCCC. The Kier molecular flexibility index (Phi) is 13.0. The zero-order valence-corrected chi connectivity index (χ0v) is 10.5. The average Bonchev–Trinajstić information content (AvgIpc) is 2.26. The van der Waals surface area contributed by atoms with Crippen LogP contribution in [-0.2, 0) is 0 Å². The lowest BCUT2D eigenvalue weighted by molar-refractivity contribution is 0.592. The predicted octanol–water partition coefficient (Wildman–Crippen LogP) is 5.65. The van der Waals surface area contributed by atoms with E-state index in [4.69, 9.17) is 0 Å². The summed E-state index contributed by atoms with van der Waals surface area (Å²) < 4.78 is 0. The molecule has 0 atom stereocenters. The molecule has 0 heteroatoms. The van der Waals surface area contributed by atoms with Gasteiger partial charge in [-0.15, -0.1) is 6.58 Å². The Hall–Kier alpha value is -0.520. The number of hydrogen-bond acceptors (Lipinski definition) is 0. The standard InChI is InChI=1S/C15H28/c1-3-5-7-9-11-13-15-14-12-10-8-6-4-2/h3,9,11H,1,4-8,10,12-15H2,2H3. The molecule has 0 saturated carbocycles. The molecule has 0 aliphatic rings. The lowest BCUT2D eigenvalue weighted by Crippen LogP contribution is -1.78. The minimum atomic E-state index is 1.12. The average molecular weight is 208 g/mol. The normalized spacial score (nSPS) is 11.0. The molecule has 0 spiro atoms. The van der Waals surface area contributed by atoms with Gasteiger partial charge in [0.1, 0.15) is 0 Å². The van der Waals surface area contributed by atoms with E-state index in [1.807, 2.05) is 6.08 Å². The van der Waals surface area contributed by atoms with Crippen molar-refractivity contribution in [1.29, 1.82) is 0 Å². The molecule has 0 bridgehead atoms. The van der Waals surface area contributed by atoms with E-state index in [0.29, 0.717) is 0 Å². The van der Waals surface area contributed by atoms with Crippen molar-refractivity contribution in [3.63, 3.8) is 0 Å². The first-order valence-electron chi connectivity index (χ1n) is 6.67. The van der Waals surface area contributed by atoms with Gasteiger partial charge in [0.05, 0.1) is 0 Å². The molecule has 0 nitrogen and oxygen atoms in total. The summed E-state index contributed by atoms with van der Waals surface area (Å²) in [6.07, 6.45) is 20.0. The predicted molar refractivity (Wildman–Crippen MR) is 71.2 cm³/mol. The highest BCUT2D eigenvalue weighted by atomic mass is 13.9. The van der Waals surface area contributed by atoms with E-state index in [9.17, 15) is 0 Å². The van der Waals surface area contributed by atoms with Gasteiger partial charge in [0.15, 0.2) is 0 Å². The van der Waals surface area contributed by atoms with Crippen molar-refractivity contribution >= 4 is 0 Å². The van der Waals surface area contributed by atoms with Crippen LogP contribution >= 0.6 is 0 Å². The molecule has 0 heterocycles. The Morgan fingerprint density at radius 3 is 2.00 bits per heavy atom. The summed E-state index contributed by atoms with van der Waals surface area (Å²) in [6, 6.07) is 0. The first-order valence-corrected chi connectivity index (χ1v) is 6.67. The lowest BCUT2D eigenvalue weighted by Gasteiger charge is -1.98. The third-order valence-electron chi connectivity index (χ3n) is 2.68. The maximum Gasteiger partial charge on any atom is -0.0316 e. The molecule has 0 aliphatic heterocycles. The van der Waals surface area contributed by atoms with Crippen LogP contribution in [0.3, 0.4) is 0 Å². The molecule has 0 saturated heterocycles. The second kappa shape index (κ2) is 13.5. The second-order valence-corrected chi connectivity index (χ2v) is 4.25. The Morgan fingerprint density at radius 1 is 0.733 bits per heavy atom. The minimum absolute atomic E-state index is 1.12. The van der Waals surface area contributed by atoms with Gasteiger partial charge >= 0.3 is 0 Å². The molecule has 0 aliphatic carbocycles. The van der Waals surface area contributed by atoms with E-state index < -0.39 is 0 Å². The molecule has 0 radical (unpaired) electrons. The summed E-state index contributed by atoms with van der Waals surface area (Å²) in [7, 11) is 0. The van der Waals surface area contributed by atoms with Crippen molar-refractivity contribution in [2.75, 3.05) is 0 Å². The van der Waals surface area contributed by atoms with E-state index >= 15 is 0 Å². The molecule has 0 aromatic rings. The van der Waals surface area contributed by atoms with E-state index in [1.165, 1.54) is 57.8 Å². The van der Waals surface area contributed by atoms with Crippen molar-refractivity contribution in [3.8, 4) is 0 Å². The third kappa shape index (κ3) is 13.5. The summed E-state index contributed by atoms with van der Waals surface area (Å²) in [5.41, 5.74) is 0. The third-order valence-corrected chi connectivity index (χ3v) is 2.68. The molecule has 0 aromatic heterocycles. The van der Waals surface area contributed by atoms with Gasteiger partial charge < -0.3 is 0 Å². The number of allylic oxidation sites excluding steroid dienone is 3. The summed E-state index contributed by atoms with van der Waals surface area (Å²) in [6.45, 7) is 5.98.